The van der Waals surface area contributed by atoms with Crippen LogP contribution in [0.25, 0.3) is 0 Å². The summed E-state index contributed by atoms with van der Waals surface area (Å²) < 4.78 is 11.4. The largest absolute Gasteiger partial charge is 0.461 e. The maximum atomic E-state index is 12.9. The molecule has 1 fully saturated rings. The van der Waals surface area contributed by atoms with Crippen LogP contribution in [0.1, 0.15) is 0 Å². The molecule has 1 aliphatic rings. The minimum atomic E-state index is -2.40. The summed E-state index contributed by atoms with van der Waals surface area (Å²) in [5.41, 5.74) is 2.10. The zero-order valence-corrected chi connectivity index (χ0v) is 16.1. The van der Waals surface area contributed by atoms with Crippen LogP contribution in [0.2, 0.25) is 0 Å². The zero-order chi connectivity index (χ0) is 21.0. The van der Waals surface area contributed by atoms with Crippen molar-refractivity contribution in [3.8, 4) is 0 Å². The van der Waals surface area contributed by atoms with Gasteiger partial charge in [0.15, 0.2) is 0 Å². The van der Waals surface area contributed by atoms with Crippen molar-refractivity contribution in [2.45, 2.75) is 28.9 Å². The molecule has 0 bridgehead atoms. The Balaban J connectivity index is 1.82. The van der Waals surface area contributed by atoms with E-state index >= 15 is 0 Å². The third kappa shape index (κ3) is 4.14. The molecular formula is C18H21N3O7S. The molecule has 1 aromatic carbocycles. The van der Waals surface area contributed by atoms with Crippen LogP contribution < -0.4 is 11.4 Å². The minimum Gasteiger partial charge on any atom is -0.461 e. The molecule has 2 heterocycles. The molecule has 1 aromatic heterocycles. The number of nitrogen functional groups attached to an aromatic ring is 1. The minimum absolute atomic E-state index is 0.0484. The molecule has 0 spiro atoms. The summed E-state index contributed by atoms with van der Waals surface area (Å²) in [5.74, 6) is -0.786. The summed E-state index contributed by atoms with van der Waals surface area (Å²) in [5, 5.41) is 30.1. The lowest BCUT2D eigenvalue weighted by molar-refractivity contribution is -0.201. The van der Waals surface area contributed by atoms with Gasteiger partial charge in [-0.05, 0) is 18.2 Å². The highest BCUT2D eigenvalue weighted by Crippen LogP contribution is 2.36. The number of carbonyl (C=O) groups excluding carboxylic acids is 1. The lowest BCUT2D eigenvalue weighted by Gasteiger charge is -2.31. The van der Waals surface area contributed by atoms with Gasteiger partial charge in [-0.2, -0.15) is 4.98 Å². The van der Waals surface area contributed by atoms with Crippen LogP contribution in [-0.4, -0.2) is 68.1 Å². The number of carbonyl (C=O) groups is 1. The molecule has 156 valence electrons. The standard InChI is InChI=1S/C18H21N3O7S/c19-13-6-7-21(17(26)20-13)18(15(24)14(23)12(10-22)28-18)16(25)27-8-9-29-11-4-2-1-3-5-11/h1-7,12,14-15,22-24H,8-10H2,(H2,19,20,26)/t12-,14-,15-,18+/m1/s1. The summed E-state index contributed by atoms with van der Waals surface area (Å²) in [7, 11) is 0. The smallest absolute Gasteiger partial charge is 0.363 e. The Kier molecular flexibility index (Phi) is 6.55. The van der Waals surface area contributed by atoms with Gasteiger partial charge in [-0.15, -0.1) is 11.8 Å². The molecule has 0 saturated carbocycles. The van der Waals surface area contributed by atoms with E-state index < -0.39 is 42.3 Å². The van der Waals surface area contributed by atoms with Gasteiger partial charge < -0.3 is 30.5 Å². The first-order chi connectivity index (χ1) is 13.9. The van der Waals surface area contributed by atoms with Crippen molar-refractivity contribution < 1.29 is 29.6 Å². The van der Waals surface area contributed by atoms with E-state index in [1.807, 2.05) is 30.3 Å². The second-order valence-corrected chi connectivity index (χ2v) is 7.44. The van der Waals surface area contributed by atoms with Crippen LogP contribution in [0.4, 0.5) is 5.82 Å². The van der Waals surface area contributed by atoms with Crippen LogP contribution in [0.5, 0.6) is 0 Å². The fraction of sp³-hybridized carbons (Fsp3) is 0.389. The quantitative estimate of drug-likeness (QED) is 0.245. The van der Waals surface area contributed by atoms with Crippen LogP contribution in [0.15, 0.2) is 52.3 Å². The number of esters is 1. The molecule has 11 heteroatoms. The van der Waals surface area contributed by atoms with Gasteiger partial charge in [0.2, 0.25) is 0 Å². The first-order valence-electron chi connectivity index (χ1n) is 8.75. The number of aromatic nitrogens is 2. The number of nitrogens with two attached hydrogens (primary N) is 1. The third-order valence-corrected chi connectivity index (χ3v) is 5.40. The number of anilines is 1. The number of hydrogen-bond donors (Lipinski definition) is 4. The average molecular weight is 423 g/mol. The molecule has 0 aliphatic carbocycles. The number of aliphatic hydroxyl groups is 3. The Labute approximate surface area is 169 Å². The van der Waals surface area contributed by atoms with Crippen molar-refractivity contribution in [3.63, 3.8) is 0 Å². The number of thioether (sulfide) groups is 1. The molecule has 5 N–H and O–H groups in total. The highest BCUT2D eigenvalue weighted by Gasteiger charge is 2.62. The second-order valence-electron chi connectivity index (χ2n) is 6.27. The Morgan fingerprint density at radius 3 is 2.66 bits per heavy atom. The fourth-order valence-electron chi connectivity index (χ4n) is 3.00. The summed E-state index contributed by atoms with van der Waals surface area (Å²) >= 11 is 1.44. The first-order valence-corrected chi connectivity index (χ1v) is 9.74. The summed E-state index contributed by atoms with van der Waals surface area (Å²) in [6, 6.07) is 10.7. The molecule has 2 aromatic rings. The van der Waals surface area contributed by atoms with Gasteiger partial charge in [0.25, 0.3) is 5.72 Å². The number of aliphatic hydroxyl groups excluding tert-OH is 3. The molecular weight excluding hydrogens is 402 g/mol. The van der Waals surface area contributed by atoms with Crippen molar-refractivity contribution in [1.82, 2.24) is 9.55 Å². The Hall–Kier alpha value is -2.44. The van der Waals surface area contributed by atoms with Gasteiger partial charge in [0.1, 0.15) is 30.7 Å². The zero-order valence-electron chi connectivity index (χ0n) is 15.2. The fourth-order valence-corrected chi connectivity index (χ4v) is 3.75. The number of ether oxygens (including phenoxy) is 2. The van der Waals surface area contributed by atoms with E-state index in [9.17, 15) is 24.9 Å². The molecule has 10 nitrogen and oxygen atoms in total. The number of nitrogens with zero attached hydrogens (tertiary/aromatic N) is 2. The van der Waals surface area contributed by atoms with Crippen LogP contribution in [0, 0.1) is 0 Å². The predicted molar refractivity (Wildman–Crippen MR) is 103 cm³/mol. The highest BCUT2D eigenvalue weighted by molar-refractivity contribution is 7.99. The van der Waals surface area contributed by atoms with Crippen LogP contribution in [0.3, 0.4) is 0 Å². The maximum Gasteiger partial charge on any atom is 0.363 e. The van der Waals surface area contributed by atoms with E-state index in [1.165, 1.54) is 17.8 Å². The number of hydrogen-bond acceptors (Lipinski definition) is 10. The normalized spacial score (nSPS) is 26.4. The van der Waals surface area contributed by atoms with Gasteiger partial charge in [0, 0.05) is 16.8 Å². The van der Waals surface area contributed by atoms with Crippen molar-refractivity contribution in [2.24, 2.45) is 0 Å². The summed E-state index contributed by atoms with van der Waals surface area (Å²) in [4.78, 5) is 29.7. The lowest BCUT2D eigenvalue weighted by Crippen LogP contribution is -2.56. The van der Waals surface area contributed by atoms with E-state index in [1.54, 1.807) is 0 Å². The molecule has 0 amide bonds. The molecule has 0 radical (unpaired) electrons. The Bertz CT molecular complexity index is 910. The molecule has 1 saturated heterocycles. The SMILES string of the molecule is Nc1ccn([C@]2(C(=O)OCCSc3ccccc3)O[C@H](CO)[C@@H](O)[C@H]2O)c(=O)n1. The second kappa shape index (κ2) is 8.93. The summed E-state index contributed by atoms with van der Waals surface area (Å²) in [6.07, 6.45) is -3.70. The van der Waals surface area contributed by atoms with Gasteiger partial charge >= 0.3 is 11.7 Å². The molecule has 29 heavy (non-hydrogen) atoms. The van der Waals surface area contributed by atoms with Gasteiger partial charge in [0.05, 0.1) is 6.61 Å². The van der Waals surface area contributed by atoms with Crippen molar-refractivity contribution in [1.29, 1.82) is 0 Å². The van der Waals surface area contributed by atoms with Crippen molar-refractivity contribution in [3.05, 3.63) is 53.1 Å². The molecule has 1 aliphatic heterocycles. The van der Waals surface area contributed by atoms with E-state index in [-0.39, 0.29) is 12.4 Å². The maximum absolute atomic E-state index is 12.9. The number of rotatable bonds is 7. The van der Waals surface area contributed by atoms with E-state index in [4.69, 9.17) is 15.2 Å². The topological polar surface area (TPSA) is 157 Å². The third-order valence-electron chi connectivity index (χ3n) is 4.42. The summed E-state index contributed by atoms with van der Waals surface area (Å²) in [6.45, 7) is -0.735. The van der Waals surface area contributed by atoms with E-state index in [0.29, 0.717) is 10.3 Å². The van der Waals surface area contributed by atoms with Gasteiger partial charge in [-0.25, -0.2) is 9.59 Å². The molecule has 3 rings (SSSR count). The first kappa shape index (κ1) is 21.3. The Morgan fingerprint density at radius 2 is 2.03 bits per heavy atom. The van der Waals surface area contributed by atoms with Gasteiger partial charge in [-0.3, -0.25) is 4.57 Å². The van der Waals surface area contributed by atoms with E-state index in [0.717, 1.165) is 11.1 Å². The monoisotopic (exact) mass is 423 g/mol. The van der Waals surface area contributed by atoms with Crippen LogP contribution >= 0.6 is 11.8 Å². The van der Waals surface area contributed by atoms with Crippen molar-refractivity contribution in [2.75, 3.05) is 24.7 Å². The van der Waals surface area contributed by atoms with E-state index in [2.05, 4.69) is 4.98 Å². The molecule has 0 unspecified atom stereocenters. The predicted octanol–water partition coefficient (Wildman–Crippen LogP) is -1.07. The Morgan fingerprint density at radius 1 is 1.31 bits per heavy atom. The highest BCUT2D eigenvalue weighted by atomic mass is 32.2. The average Bonchev–Trinajstić information content (AvgIpc) is 2.97. The molecule has 4 atom stereocenters. The number of benzene rings is 1. The van der Waals surface area contributed by atoms with Gasteiger partial charge in [-0.1, -0.05) is 18.2 Å². The lowest BCUT2D eigenvalue weighted by atomic mass is 10.0. The van der Waals surface area contributed by atoms with Crippen molar-refractivity contribution >= 4 is 23.5 Å². The van der Waals surface area contributed by atoms with Crippen LogP contribution in [-0.2, 0) is 20.0 Å².